The Morgan fingerprint density at radius 1 is 1.30 bits per heavy atom. The van der Waals surface area contributed by atoms with Gasteiger partial charge in [0.1, 0.15) is 10.8 Å². The van der Waals surface area contributed by atoms with Gasteiger partial charge < -0.3 is 15.4 Å². The third-order valence-corrected chi connectivity index (χ3v) is 10.5. The van der Waals surface area contributed by atoms with Crippen LogP contribution in [0, 0.1) is 11.3 Å². The molecule has 1 aliphatic heterocycles. The molecule has 216 valence electrons. The first-order chi connectivity index (χ1) is 18.8. The first kappa shape index (κ1) is 29.1. The number of fused-ring (bicyclic) bond motifs is 2. The van der Waals surface area contributed by atoms with E-state index in [1.807, 2.05) is 5.38 Å². The summed E-state index contributed by atoms with van der Waals surface area (Å²) in [6.07, 6.45) is -2.47. The summed E-state index contributed by atoms with van der Waals surface area (Å²) in [5, 5.41) is 12.2. The molecule has 0 saturated heterocycles. The van der Waals surface area contributed by atoms with E-state index in [4.69, 9.17) is 4.74 Å². The van der Waals surface area contributed by atoms with Gasteiger partial charge in [-0.25, -0.2) is 9.48 Å². The lowest BCUT2D eigenvalue weighted by Gasteiger charge is -2.33. The molecule has 0 bridgehead atoms. The van der Waals surface area contributed by atoms with Crippen LogP contribution in [0.5, 0.6) is 0 Å². The van der Waals surface area contributed by atoms with E-state index in [9.17, 15) is 22.8 Å². The average Bonchev–Trinajstić information content (AvgIpc) is 3.60. The summed E-state index contributed by atoms with van der Waals surface area (Å²) in [6.45, 7) is 8.46. The Hall–Kier alpha value is -2.38. The number of anilines is 2. The molecule has 0 aromatic carbocycles. The molecule has 7 nitrogen and oxygen atoms in total. The highest BCUT2D eigenvalue weighted by Crippen LogP contribution is 2.48. The standard InChI is InChI=1S/C27H30BrF3N4O3S2/c1-5-38-25(37)19-14-9-8-13(26(2,3)4)11-17(14)40-24(19)33-23(36)21-20(28)22-32-15(16-7-6-10-39-16)12-18(27(29,30)31)35(22)34-21/h6-7,10,13,15,18,32H,5,8-9,11-12H2,1-4H3,(H,33,36)/t13-,15-,18-/m1/s1. The van der Waals surface area contributed by atoms with Gasteiger partial charge in [-0.05, 0) is 70.5 Å². The third-order valence-electron chi connectivity index (χ3n) is 7.59. The Morgan fingerprint density at radius 3 is 2.67 bits per heavy atom. The Morgan fingerprint density at radius 2 is 2.05 bits per heavy atom. The van der Waals surface area contributed by atoms with Gasteiger partial charge in [0.2, 0.25) is 0 Å². The minimum atomic E-state index is -4.57. The number of hydrogen-bond acceptors (Lipinski definition) is 7. The van der Waals surface area contributed by atoms with Crippen LogP contribution in [0.1, 0.15) is 88.8 Å². The fourth-order valence-electron chi connectivity index (χ4n) is 5.41. The van der Waals surface area contributed by atoms with Crippen molar-refractivity contribution in [3.8, 4) is 0 Å². The zero-order valence-electron chi connectivity index (χ0n) is 22.4. The summed E-state index contributed by atoms with van der Waals surface area (Å²) in [6, 6.07) is 1.07. The molecule has 1 aliphatic carbocycles. The molecule has 3 aromatic rings. The monoisotopic (exact) mass is 658 g/mol. The largest absolute Gasteiger partial charge is 0.462 e. The molecule has 2 aliphatic rings. The minimum absolute atomic E-state index is 0.0819. The predicted molar refractivity (Wildman–Crippen MR) is 154 cm³/mol. The van der Waals surface area contributed by atoms with E-state index in [0.29, 0.717) is 22.9 Å². The van der Waals surface area contributed by atoms with E-state index in [0.717, 1.165) is 32.8 Å². The summed E-state index contributed by atoms with van der Waals surface area (Å²) in [4.78, 5) is 28.3. The van der Waals surface area contributed by atoms with Crippen molar-refractivity contribution in [3.63, 3.8) is 0 Å². The van der Waals surface area contributed by atoms with Crippen molar-refractivity contribution >= 4 is 61.3 Å². The number of carbonyl (C=O) groups is 2. The van der Waals surface area contributed by atoms with Crippen molar-refractivity contribution in [2.24, 2.45) is 11.3 Å². The van der Waals surface area contributed by atoms with Gasteiger partial charge in [0.25, 0.3) is 5.91 Å². The zero-order valence-corrected chi connectivity index (χ0v) is 25.7. The lowest BCUT2D eigenvalue weighted by atomic mass is 9.72. The summed E-state index contributed by atoms with van der Waals surface area (Å²) >= 11 is 6.03. The Balaban J connectivity index is 1.49. The van der Waals surface area contributed by atoms with Gasteiger partial charge >= 0.3 is 12.1 Å². The molecule has 13 heteroatoms. The van der Waals surface area contributed by atoms with Crippen LogP contribution in [0.25, 0.3) is 0 Å². The van der Waals surface area contributed by atoms with Crippen molar-refractivity contribution in [1.82, 2.24) is 9.78 Å². The second-order valence-corrected chi connectivity index (χ2v) is 14.0. The molecule has 3 atom stereocenters. The van der Waals surface area contributed by atoms with Crippen LogP contribution in [-0.2, 0) is 17.6 Å². The smallest absolute Gasteiger partial charge is 0.410 e. The lowest BCUT2D eigenvalue weighted by Crippen LogP contribution is -2.35. The van der Waals surface area contributed by atoms with Gasteiger partial charge in [-0.2, -0.15) is 18.3 Å². The number of nitrogens with one attached hydrogen (secondary N) is 2. The normalized spacial score (nSPS) is 20.9. The van der Waals surface area contributed by atoms with Crippen LogP contribution in [0.15, 0.2) is 22.0 Å². The SMILES string of the molecule is CCOC(=O)c1c(NC(=O)c2nn3c(c2Br)N[C@@H](c2cccs2)C[C@@H]3C(F)(F)F)sc2c1CC[C@@H](C(C)(C)C)C2. The van der Waals surface area contributed by atoms with Gasteiger partial charge in [-0.15, -0.1) is 22.7 Å². The highest BCUT2D eigenvalue weighted by atomic mass is 79.9. The maximum Gasteiger partial charge on any atom is 0.410 e. The Labute approximate surface area is 246 Å². The number of rotatable bonds is 5. The van der Waals surface area contributed by atoms with E-state index in [-0.39, 0.29) is 34.4 Å². The lowest BCUT2D eigenvalue weighted by molar-refractivity contribution is -0.173. The minimum Gasteiger partial charge on any atom is -0.462 e. The number of hydrogen-bond donors (Lipinski definition) is 2. The number of alkyl halides is 3. The van der Waals surface area contributed by atoms with Crippen molar-refractivity contribution in [2.75, 3.05) is 17.2 Å². The van der Waals surface area contributed by atoms with Crippen LogP contribution >= 0.6 is 38.6 Å². The number of aromatic nitrogens is 2. The summed E-state index contributed by atoms with van der Waals surface area (Å²) in [5.41, 5.74) is 1.09. The van der Waals surface area contributed by atoms with Crippen LogP contribution < -0.4 is 10.6 Å². The number of amides is 1. The molecule has 2 N–H and O–H groups in total. The van der Waals surface area contributed by atoms with Crippen molar-refractivity contribution in [1.29, 1.82) is 0 Å². The topological polar surface area (TPSA) is 85.2 Å². The Bertz CT molecular complexity index is 1430. The highest BCUT2D eigenvalue weighted by Gasteiger charge is 2.48. The average molecular weight is 660 g/mol. The second kappa shape index (κ2) is 10.8. The molecule has 0 unspecified atom stereocenters. The van der Waals surface area contributed by atoms with Gasteiger partial charge in [0.15, 0.2) is 11.7 Å². The maximum absolute atomic E-state index is 14.1. The van der Waals surface area contributed by atoms with Crippen molar-refractivity contribution in [2.45, 2.75) is 71.6 Å². The van der Waals surface area contributed by atoms with Gasteiger partial charge in [0, 0.05) is 16.2 Å². The fraction of sp³-hybridized carbons (Fsp3) is 0.519. The molecule has 0 radical (unpaired) electrons. The molecular weight excluding hydrogens is 629 g/mol. The highest BCUT2D eigenvalue weighted by molar-refractivity contribution is 9.10. The molecule has 40 heavy (non-hydrogen) atoms. The summed E-state index contributed by atoms with van der Waals surface area (Å²) in [7, 11) is 0. The van der Waals surface area contributed by atoms with E-state index in [1.165, 1.54) is 22.7 Å². The van der Waals surface area contributed by atoms with Crippen LogP contribution in [0.4, 0.5) is 24.0 Å². The molecule has 3 aromatic heterocycles. The summed E-state index contributed by atoms with van der Waals surface area (Å²) < 4.78 is 48.7. The van der Waals surface area contributed by atoms with Gasteiger partial charge in [0.05, 0.1) is 22.7 Å². The number of ether oxygens (including phenoxy) is 1. The third kappa shape index (κ3) is 5.44. The molecule has 5 rings (SSSR count). The van der Waals surface area contributed by atoms with Crippen molar-refractivity contribution in [3.05, 3.63) is 48.6 Å². The number of thiophene rings is 2. The van der Waals surface area contributed by atoms with Crippen molar-refractivity contribution < 1.29 is 27.5 Å². The number of nitrogens with zero attached hydrogens (tertiary/aromatic N) is 2. The van der Waals surface area contributed by atoms with Crippen LogP contribution in [-0.4, -0.2) is 34.4 Å². The van der Waals surface area contributed by atoms with E-state index in [2.05, 4.69) is 52.4 Å². The van der Waals surface area contributed by atoms with Crippen LogP contribution in [0.2, 0.25) is 0 Å². The van der Waals surface area contributed by atoms with E-state index < -0.39 is 30.1 Å². The number of halogens is 4. The molecule has 0 spiro atoms. The van der Waals surface area contributed by atoms with Crippen LogP contribution in [0.3, 0.4) is 0 Å². The van der Waals surface area contributed by atoms with E-state index >= 15 is 0 Å². The van der Waals surface area contributed by atoms with E-state index in [1.54, 1.807) is 19.1 Å². The molecule has 0 saturated carbocycles. The quantitative estimate of drug-likeness (QED) is 0.271. The molecule has 4 heterocycles. The zero-order chi connectivity index (χ0) is 29.0. The van der Waals surface area contributed by atoms with Gasteiger partial charge in [-0.3, -0.25) is 4.79 Å². The number of carbonyl (C=O) groups excluding carboxylic acids is 2. The fourth-order valence-corrected chi connectivity index (χ4v) is 8.06. The molecule has 1 amide bonds. The predicted octanol–water partition coefficient (Wildman–Crippen LogP) is 8.01. The molecule has 0 fully saturated rings. The molecular formula is C27H30BrF3N4O3S2. The number of esters is 1. The van der Waals surface area contributed by atoms with Gasteiger partial charge in [-0.1, -0.05) is 26.8 Å². The Kier molecular flexibility index (Phi) is 7.86. The second-order valence-electron chi connectivity index (χ2n) is 11.1. The summed E-state index contributed by atoms with van der Waals surface area (Å²) in [5.74, 6) is -0.736. The first-order valence-corrected chi connectivity index (χ1v) is 15.6. The maximum atomic E-state index is 14.1. The first-order valence-electron chi connectivity index (χ1n) is 13.1.